The number of carbonyl (C=O) groups is 1. The zero-order chi connectivity index (χ0) is 15.7. The minimum Gasteiger partial charge on any atom is -0.343 e. The van der Waals surface area contributed by atoms with Crippen LogP contribution in [0.3, 0.4) is 0 Å². The first-order chi connectivity index (χ1) is 10.6. The van der Waals surface area contributed by atoms with Crippen molar-refractivity contribution < 1.29 is 4.79 Å². The first kappa shape index (κ1) is 18.0. The zero-order valence-corrected chi connectivity index (χ0v) is 15.4. The molecule has 1 aromatic carbocycles. The summed E-state index contributed by atoms with van der Waals surface area (Å²) >= 11 is 3.44. The maximum Gasteiger partial charge on any atom is 0.270 e. The molecule has 1 saturated heterocycles. The molecule has 1 amide bonds. The van der Waals surface area contributed by atoms with Gasteiger partial charge in [0.25, 0.3) is 5.91 Å². The highest BCUT2D eigenvalue weighted by Crippen LogP contribution is 2.28. The number of aromatic nitrogens is 1. The Balaban J connectivity index is 0.00000192. The van der Waals surface area contributed by atoms with Gasteiger partial charge >= 0.3 is 0 Å². The van der Waals surface area contributed by atoms with Gasteiger partial charge in [0.05, 0.1) is 0 Å². The third-order valence-electron chi connectivity index (χ3n) is 4.30. The van der Waals surface area contributed by atoms with E-state index in [2.05, 4.69) is 28.1 Å². The first-order valence-corrected chi connectivity index (χ1v) is 8.35. The Kier molecular flexibility index (Phi) is 5.89. The van der Waals surface area contributed by atoms with Crippen molar-refractivity contribution in [1.82, 2.24) is 9.47 Å². The summed E-state index contributed by atoms with van der Waals surface area (Å²) in [6.07, 6.45) is 1.94. The molecule has 0 spiro atoms. The molecule has 2 aromatic rings. The molecular formula is C17H21BrClN3O. The minimum atomic E-state index is -0.0140. The lowest BCUT2D eigenvalue weighted by atomic mass is 9.95. The van der Waals surface area contributed by atoms with Crippen LogP contribution < -0.4 is 5.73 Å². The molecule has 2 atom stereocenters. The summed E-state index contributed by atoms with van der Waals surface area (Å²) in [7, 11) is 0. The second-order valence-electron chi connectivity index (χ2n) is 5.72. The summed E-state index contributed by atoms with van der Waals surface area (Å²) in [6.45, 7) is 4.09. The molecule has 124 valence electrons. The molecule has 1 aliphatic rings. The number of aryl methyl sites for hydroxylation is 1. The number of amides is 1. The number of nitrogens with two attached hydrogens (primary N) is 1. The van der Waals surface area contributed by atoms with E-state index in [-0.39, 0.29) is 30.3 Å². The third kappa shape index (κ3) is 3.62. The number of halogens is 2. The van der Waals surface area contributed by atoms with Crippen LogP contribution in [-0.2, 0) is 6.54 Å². The van der Waals surface area contributed by atoms with Gasteiger partial charge in [0.2, 0.25) is 0 Å². The lowest BCUT2D eigenvalue weighted by Gasteiger charge is -2.17. The summed E-state index contributed by atoms with van der Waals surface area (Å²) in [4.78, 5) is 14.7. The van der Waals surface area contributed by atoms with Gasteiger partial charge in [-0.25, -0.2) is 0 Å². The van der Waals surface area contributed by atoms with Crippen molar-refractivity contribution >= 4 is 34.2 Å². The van der Waals surface area contributed by atoms with Crippen molar-refractivity contribution in [3.8, 4) is 0 Å². The van der Waals surface area contributed by atoms with Crippen LogP contribution >= 0.6 is 28.3 Å². The van der Waals surface area contributed by atoms with Crippen LogP contribution in [0.1, 0.15) is 28.9 Å². The molecule has 0 bridgehead atoms. The van der Waals surface area contributed by atoms with Crippen molar-refractivity contribution in [1.29, 1.82) is 0 Å². The molecule has 3 rings (SSSR count). The molecule has 2 N–H and O–H groups in total. The number of benzene rings is 1. The normalized spacial score (nSPS) is 20.4. The van der Waals surface area contributed by atoms with E-state index in [1.165, 1.54) is 5.56 Å². The van der Waals surface area contributed by atoms with Crippen LogP contribution in [0, 0.1) is 0 Å². The van der Waals surface area contributed by atoms with Gasteiger partial charge < -0.3 is 15.2 Å². The van der Waals surface area contributed by atoms with E-state index < -0.39 is 0 Å². The maximum atomic E-state index is 12.8. The summed E-state index contributed by atoms with van der Waals surface area (Å²) in [5.41, 5.74) is 8.21. The van der Waals surface area contributed by atoms with E-state index in [0.717, 1.165) is 16.7 Å². The molecule has 23 heavy (non-hydrogen) atoms. The highest BCUT2D eigenvalue weighted by Gasteiger charge is 2.35. The largest absolute Gasteiger partial charge is 0.343 e. The van der Waals surface area contributed by atoms with E-state index in [0.29, 0.717) is 13.1 Å². The van der Waals surface area contributed by atoms with Crippen molar-refractivity contribution in [3.05, 3.63) is 58.3 Å². The quantitative estimate of drug-likeness (QED) is 0.863. The van der Waals surface area contributed by atoms with Crippen LogP contribution in [0.2, 0.25) is 0 Å². The Morgan fingerprint density at radius 3 is 2.65 bits per heavy atom. The average molecular weight is 399 g/mol. The van der Waals surface area contributed by atoms with Gasteiger partial charge in [-0.3, -0.25) is 4.79 Å². The minimum absolute atomic E-state index is 0. The van der Waals surface area contributed by atoms with E-state index in [9.17, 15) is 4.79 Å². The van der Waals surface area contributed by atoms with Gasteiger partial charge in [-0.15, -0.1) is 12.4 Å². The second kappa shape index (κ2) is 7.51. The summed E-state index contributed by atoms with van der Waals surface area (Å²) in [5, 5.41) is 0. The molecule has 6 heteroatoms. The van der Waals surface area contributed by atoms with Crippen molar-refractivity contribution in [2.75, 3.05) is 13.1 Å². The molecule has 1 aromatic heterocycles. The van der Waals surface area contributed by atoms with Crippen molar-refractivity contribution in [2.24, 2.45) is 5.73 Å². The van der Waals surface area contributed by atoms with Crippen molar-refractivity contribution in [2.45, 2.75) is 25.4 Å². The lowest BCUT2D eigenvalue weighted by molar-refractivity contribution is 0.0778. The number of hydrogen-bond acceptors (Lipinski definition) is 2. The molecular weight excluding hydrogens is 378 g/mol. The Labute approximate surface area is 151 Å². The molecule has 0 aliphatic carbocycles. The Bertz CT molecular complexity index is 674. The van der Waals surface area contributed by atoms with Crippen LogP contribution in [0.25, 0.3) is 0 Å². The zero-order valence-electron chi connectivity index (χ0n) is 13.0. The predicted molar refractivity (Wildman–Crippen MR) is 98.1 cm³/mol. The number of likely N-dealkylation sites (tertiary alicyclic amines) is 1. The number of carbonyl (C=O) groups excluding carboxylic acids is 1. The Morgan fingerprint density at radius 1 is 1.30 bits per heavy atom. The van der Waals surface area contributed by atoms with E-state index in [1.54, 1.807) is 0 Å². The average Bonchev–Trinajstić information content (AvgIpc) is 3.10. The summed E-state index contributed by atoms with van der Waals surface area (Å²) in [5.74, 6) is 0.264. The molecule has 0 radical (unpaired) electrons. The number of hydrogen-bond donors (Lipinski definition) is 1. The highest BCUT2D eigenvalue weighted by molar-refractivity contribution is 9.10. The summed E-state index contributed by atoms with van der Waals surface area (Å²) < 4.78 is 2.90. The van der Waals surface area contributed by atoms with Gasteiger partial charge in [-0.05, 0) is 34.5 Å². The Morgan fingerprint density at radius 2 is 2.00 bits per heavy atom. The van der Waals surface area contributed by atoms with E-state index in [1.807, 2.05) is 46.9 Å². The van der Waals surface area contributed by atoms with E-state index >= 15 is 0 Å². The highest BCUT2D eigenvalue weighted by atomic mass is 79.9. The monoisotopic (exact) mass is 397 g/mol. The molecule has 0 saturated carbocycles. The van der Waals surface area contributed by atoms with Crippen LogP contribution in [0.15, 0.2) is 47.1 Å². The molecule has 2 heterocycles. The predicted octanol–water partition coefficient (Wildman–Crippen LogP) is 3.26. The lowest BCUT2D eigenvalue weighted by Crippen LogP contribution is -2.33. The van der Waals surface area contributed by atoms with Crippen LogP contribution in [-0.4, -0.2) is 34.5 Å². The SMILES string of the molecule is CCn1cc(Br)cc1C(=O)N1C[C@@H](N)[C@H](c2ccccc2)C1.Cl. The topological polar surface area (TPSA) is 51.3 Å². The standard InChI is InChI=1S/C17H20BrN3O.ClH/c1-2-20-9-13(18)8-16(20)17(22)21-10-14(15(19)11-21)12-6-4-3-5-7-12;/h3-9,14-15H,2,10-11,19H2,1H3;1H/t14-,15+;/m0./s1. The number of rotatable bonds is 3. The van der Waals surface area contributed by atoms with Gasteiger partial charge in [0, 0.05) is 42.3 Å². The fourth-order valence-corrected chi connectivity index (χ4v) is 3.59. The van der Waals surface area contributed by atoms with E-state index in [4.69, 9.17) is 5.73 Å². The van der Waals surface area contributed by atoms with Crippen molar-refractivity contribution in [3.63, 3.8) is 0 Å². The molecule has 4 nitrogen and oxygen atoms in total. The van der Waals surface area contributed by atoms with Gasteiger partial charge in [-0.2, -0.15) is 0 Å². The van der Waals surface area contributed by atoms with Gasteiger partial charge in [0.15, 0.2) is 0 Å². The fraction of sp³-hybridized carbons (Fsp3) is 0.353. The van der Waals surface area contributed by atoms with Crippen LogP contribution in [0.4, 0.5) is 0 Å². The Hall–Kier alpha value is -1.30. The second-order valence-corrected chi connectivity index (χ2v) is 6.64. The summed E-state index contributed by atoms with van der Waals surface area (Å²) in [6, 6.07) is 12.1. The fourth-order valence-electron chi connectivity index (χ4n) is 3.13. The number of nitrogens with zero attached hydrogens (tertiary/aromatic N) is 2. The third-order valence-corrected chi connectivity index (χ3v) is 4.74. The first-order valence-electron chi connectivity index (χ1n) is 7.55. The van der Waals surface area contributed by atoms with Crippen LogP contribution in [0.5, 0.6) is 0 Å². The smallest absolute Gasteiger partial charge is 0.270 e. The van der Waals surface area contributed by atoms with Gasteiger partial charge in [0.1, 0.15) is 5.69 Å². The molecule has 1 aliphatic heterocycles. The molecule has 0 unspecified atom stereocenters. The van der Waals surface area contributed by atoms with Gasteiger partial charge in [-0.1, -0.05) is 30.3 Å². The maximum absolute atomic E-state index is 12.8. The molecule has 1 fully saturated rings.